The van der Waals surface area contributed by atoms with Crippen LogP contribution in [0.4, 0.5) is 5.69 Å². The minimum absolute atomic E-state index is 0.00965. The summed E-state index contributed by atoms with van der Waals surface area (Å²) in [4.78, 5) is 29.2. The highest BCUT2D eigenvalue weighted by Crippen LogP contribution is 2.28. The van der Waals surface area contributed by atoms with Crippen molar-refractivity contribution in [2.24, 2.45) is 5.92 Å². The fraction of sp³-hybridized carbons (Fsp3) is 0.652. The molecule has 2 aliphatic rings. The third kappa shape index (κ3) is 5.80. The number of nitrogens with zero attached hydrogens (tertiary/aromatic N) is 2. The topological polar surface area (TPSA) is 61.9 Å². The van der Waals surface area contributed by atoms with Crippen molar-refractivity contribution in [2.75, 3.05) is 37.6 Å². The van der Waals surface area contributed by atoms with Crippen molar-refractivity contribution in [1.29, 1.82) is 0 Å². The van der Waals surface area contributed by atoms with E-state index < -0.39 is 0 Å². The van der Waals surface area contributed by atoms with Gasteiger partial charge in [0.25, 0.3) is 0 Å². The molecule has 2 saturated heterocycles. The highest BCUT2D eigenvalue weighted by molar-refractivity contribution is 6.00. The molecule has 1 aromatic carbocycles. The van der Waals surface area contributed by atoms with Gasteiger partial charge in [-0.25, -0.2) is 0 Å². The lowest BCUT2D eigenvalue weighted by Gasteiger charge is -2.35. The molecule has 6 nitrogen and oxygen atoms in total. The molecule has 1 aromatic rings. The van der Waals surface area contributed by atoms with Gasteiger partial charge in [0.2, 0.25) is 11.8 Å². The Hall–Kier alpha value is -1.92. The zero-order chi connectivity index (χ0) is 21.0. The second-order valence-corrected chi connectivity index (χ2v) is 8.82. The molecular weight excluding hydrogens is 366 g/mol. The van der Waals surface area contributed by atoms with E-state index in [9.17, 15) is 9.59 Å². The highest BCUT2D eigenvalue weighted by Gasteiger charge is 2.35. The van der Waals surface area contributed by atoms with E-state index in [2.05, 4.69) is 50.0 Å². The van der Waals surface area contributed by atoms with Gasteiger partial charge in [-0.2, -0.15) is 0 Å². The number of rotatable bonds is 7. The summed E-state index contributed by atoms with van der Waals surface area (Å²) in [7, 11) is 0. The van der Waals surface area contributed by atoms with Crippen molar-refractivity contribution in [1.82, 2.24) is 10.2 Å². The number of amides is 2. The van der Waals surface area contributed by atoms with Gasteiger partial charge >= 0.3 is 0 Å². The summed E-state index contributed by atoms with van der Waals surface area (Å²) >= 11 is 0. The van der Waals surface area contributed by atoms with Crippen LogP contribution in [-0.4, -0.2) is 61.6 Å². The fourth-order valence-electron chi connectivity index (χ4n) is 4.31. The standard InChI is InChI=1S/C23H35N3O3/c1-16(2)19-7-5-8-21(11-19)26-15-20(12-22(26)27)23(28)24-9-6-10-25-13-17(3)29-18(4)14-25/h5,7-8,11,16-18,20H,6,9-10,12-15H2,1-4H3,(H,24,28). The average molecular weight is 402 g/mol. The van der Waals surface area contributed by atoms with Gasteiger partial charge < -0.3 is 15.0 Å². The van der Waals surface area contributed by atoms with E-state index >= 15 is 0 Å². The predicted octanol–water partition coefficient (Wildman–Crippen LogP) is 2.78. The number of morpholine rings is 1. The maximum absolute atomic E-state index is 12.6. The summed E-state index contributed by atoms with van der Waals surface area (Å²) in [6.07, 6.45) is 1.72. The van der Waals surface area contributed by atoms with Gasteiger partial charge in [0.15, 0.2) is 0 Å². The van der Waals surface area contributed by atoms with E-state index in [-0.39, 0.29) is 36.4 Å². The zero-order valence-electron chi connectivity index (χ0n) is 18.2. The van der Waals surface area contributed by atoms with E-state index in [1.165, 1.54) is 5.56 Å². The lowest BCUT2D eigenvalue weighted by atomic mass is 10.0. The van der Waals surface area contributed by atoms with Crippen molar-refractivity contribution >= 4 is 17.5 Å². The molecule has 2 amide bonds. The largest absolute Gasteiger partial charge is 0.373 e. The minimum Gasteiger partial charge on any atom is -0.373 e. The van der Waals surface area contributed by atoms with Gasteiger partial charge in [-0.3, -0.25) is 14.5 Å². The summed E-state index contributed by atoms with van der Waals surface area (Å²) in [5, 5.41) is 3.03. The highest BCUT2D eigenvalue weighted by atomic mass is 16.5. The summed E-state index contributed by atoms with van der Waals surface area (Å²) in [5.74, 6) is 0.157. The first-order chi connectivity index (χ1) is 13.8. The van der Waals surface area contributed by atoms with Crippen LogP contribution in [0.25, 0.3) is 0 Å². The smallest absolute Gasteiger partial charge is 0.227 e. The molecule has 160 valence electrons. The van der Waals surface area contributed by atoms with Crippen LogP contribution >= 0.6 is 0 Å². The number of anilines is 1. The van der Waals surface area contributed by atoms with Gasteiger partial charge in [-0.05, 0) is 43.9 Å². The first-order valence-corrected chi connectivity index (χ1v) is 10.9. The Morgan fingerprint density at radius 3 is 2.62 bits per heavy atom. The van der Waals surface area contributed by atoms with Gasteiger partial charge in [0, 0.05) is 44.8 Å². The number of benzene rings is 1. The number of carbonyl (C=O) groups is 2. The number of hydrogen-bond donors (Lipinski definition) is 1. The number of nitrogens with one attached hydrogen (secondary N) is 1. The Labute approximate surface area is 174 Å². The van der Waals surface area contributed by atoms with Crippen LogP contribution in [0, 0.1) is 5.92 Å². The lowest BCUT2D eigenvalue weighted by molar-refractivity contribution is -0.126. The molecule has 3 unspecified atom stereocenters. The number of hydrogen-bond acceptors (Lipinski definition) is 4. The molecule has 2 fully saturated rings. The van der Waals surface area contributed by atoms with Crippen LogP contribution < -0.4 is 10.2 Å². The molecule has 0 saturated carbocycles. The number of ether oxygens (including phenoxy) is 1. The minimum atomic E-state index is -0.270. The Bertz CT molecular complexity index is 711. The zero-order valence-corrected chi connectivity index (χ0v) is 18.2. The molecule has 2 aliphatic heterocycles. The first kappa shape index (κ1) is 21.8. The third-order valence-corrected chi connectivity index (χ3v) is 5.79. The summed E-state index contributed by atoms with van der Waals surface area (Å²) < 4.78 is 5.76. The Kier molecular flexibility index (Phi) is 7.30. The van der Waals surface area contributed by atoms with Crippen LogP contribution in [0.1, 0.15) is 52.0 Å². The maximum Gasteiger partial charge on any atom is 0.227 e. The molecule has 0 radical (unpaired) electrons. The predicted molar refractivity (Wildman–Crippen MR) is 115 cm³/mol. The summed E-state index contributed by atoms with van der Waals surface area (Å²) in [5.41, 5.74) is 2.10. The normalized spacial score (nSPS) is 25.6. The van der Waals surface area contributed by atoms with Crippen LogP contribution in [0.3, 0.4) is 0 Å². The molecule has 0 aromatic heterocycles. The van der Waals surface area contributed by atoms with Crippen molar-refractivity contribution in [2.45, 2.75) is 58.7 Å². The van der Waals surface area contributed by atoms with Gasteiger partial charge in [0.1, 0.15) is 0 Å². The molecule has 0 aliphatic carbocycles. The molecule has 6 heteroatoms. The molecular formula is C23H35N3O3. The second kappa shape index (κ2) is 9.72. The van der Waals surface area contributed by atoms with Crippen LogP contribution in [0.15, 0.2) is 24.3 Å². The van der Waals surface area contributed by atoms with Crippen LogP contribution in [-0.2, 0) is 14.3 Å². The van der Waals surface area contributed by atoms with Crippen LogP contribution in [0.5, 0.6) is 0 Å². The monoisotopic (exact) mass is 401 g/mol. The SMILES string of the molecule is CC1CN(CCCNC(=O)C2CC(=O)N(c3cccc(C(C)C)c3)C2)CC(C)O1. The van der Waals surface area contributed by atoms with E-state index in [0.717, 1.165) is 31.7 Å². The van der Waals surface area contributed by atoms with Crippen molar-refractivity contribution in [3.8, 4) is 0 Å². The molecule has 3 rings (SSSR count). The van der Waals surface area contributed by atoms with Crippen molar-refractivity contribution in [3.05, 3.63) is 29.8 Å². The number of carbonyl (C=O) groups excluding carboxylic acids is 2. The van der Waals surface area contributed by atoms with Crippen molar-refractivity contribution < 1.29 is 14.3 Å². The lowest BCUT2D eigenvalue weighted by Crippen LogP contribution is -2.46. The molecule has 3 atom stereocenters. The molecule has 0 spiro atoms. The third-order valence-electron chi connectivity index (χ3n) is 5.79. The van der Waals surface area contributed by atoms with E-state index in [0.29, 0.717) is 19.0 Å². The average Bonchev–Trinajstić information content (AvgIpc) is 3.06. The van der Waals surface area contributed by atoms with Crippen molar-refractivity contribution in [3.63, 3.8) is 0 Å². The Morgan fingerprint density at radius 2 is 1.93 bits per heavy atom. The summed E-state index contributed by atoms with van der Waals surface area (Å²) in [6.45, 7) is 12.4. The van der Waals surface area contributed by atoms with Gasteiger partial charge in [-0.15, -0.1) is 0 Å². The Morgan fingerprint density at radius 1 is 1.21 bits per heavy atom. The van der Waals surface area contributed by atoms with Crippen LogP contribution in [0.2, 0.25) is 0 Å². The maximum atomic E-state index is 12.6. The first-order valence-electron chi connectivity index (χ1n) is 10.9. The van der Waals surface area contributed by atoms with E-state index in [1.807, 2.05) is 12.1 Å². The molecule has 1 N–H and O–H groups in total. The van der Waals surface area contributed by atoms with E-state index in [1.54, 1.807) is 4.90 Å². The summed E-state index contributed by atoms with van der Waals surface area (Å²) in [6, 6.07) is 8.08. The Balaban J connectivity index is 1.45. The molecule has 2 heterocycles. The molecule has 0 bridgehead atoms. The molecule has 29 heavy (non-hydrogen) atoms. The fourth-order valence-corrected chi connectivity index (χ4v) is 4.31. The van der Waals surface area contributed by atoms with Gasteiger partial charge in [0.05, 0.1) is 18.1 Å². The second-order valence-electron chi connectivity index (χ2n) is 8.82. The quantitative estimate of drug-likeness (QED) is 0.714. The van der Waals surface area contributed by atoms with Gasteiger partial charge in [-0.1, -0.05) is 26.0 Å². The van der Waals surface area contributed by atoms with E-state index in [4.69, 9.17) is 4.74 Å².